The Morgan fingerprint density at radius 3 is 2.26 bits per heavy atom. The van der Waals surface area contributed by atoms with Crippen molar-refractivity contribution in [3.8, 4) is 0 Å². The Bertz CT molecular complexity index is 506. The summed E-state index contributed by atoms with van der Waals surface area (Å²) in [6.45, 7) is 1.38. The van der Waals surface area contributed by atoms with Crippen molar-refractivity contribution in [3.05, 3.63) is 35.4 Å². The van der Waals surface area contributed by atoms with Gasteiger partial charge in [0.15, 0.2) is 0 Å². The van der Waals surface area contributed by atoms with Crippen LogP contribution in [-0.2, 0) is 4.79 Å². The van der Waals surface area contributed by atoms with E-state index in [0.717, 1.165) is 4.90 Å². The van der Waals surface area contributed by atoms with Gasteiger partial charge in [0, 0.05) is 6.54 Å². The van der Waals surface area contributed by atoms with E-state index in [1.807, 2.05) is 0 Å². The average molecular weight is 262 g/mol. The predicted octanol–water partition coefficient (Wildman–Crippen LogP) is -0.220. The lowest BCUT2D eigenvalue weighted by Crippen LogP contribution is -2.48. The maximum absolute atomic E-state index is 12.1. The third kappa shape index (κ3) is 2.22. The Morgan fingerprint density at radius 1 is 1.26 bits per heavy atom. The fourth-order valence-corrected chi connectivity index (χ4v) is 2.00. The molecule has 1 heterocycles. The van der Waals surface area contributed by atoms with Crippen molar-refractivity contribution in [2.75, 3.05) is 13.2 Å². The van der Waals surface area contributed by atoms with Crippen LogP contribution in [0.15, 0.2) is 24.3 Å². The van der Waals surface area contributed by atoms with Crippen LogP contribution in [0.1, 0.15) is 27.6 Å². The summed E-state index contributed by atoms with van der Waals surface area (Å²) < 4.78 is 0. The summed E-state index contributed by atoms with van der Waals surface area (Å²) in [4.78, 5) is 36.9. The number of carbonyl (C=O) groups excluding carboxylic acids is 3. The zero-order valence-electron chi connectivity index (χ0n) is 10.4. The fraction of sp³-hybridized carbons (Fsp3) is 0.308. The first kappa shape index (κ1) is 13.2. The highest BCUT2D eigenvalue weighted by Gasteiger charge is 2.40. The predicted molar refractivity (Wildman–Crippen MR) is 66.5 cm³/mol. The van der Waals surface area contributed by atoms with E-state index < -0.39 is 23.8 Å². The standard InChI is InChI=1S/C13H14N2O4/c1-8(11(17)14-6-7-16)15-12(18)9-4-2-3-5-10(9)13(15)19/h2-5,8,16H,6-7H2,1H3,(H,14,17). The molecule has 0 fully saturated rings. The Hall–Kier alpha value is -2.21. The van der Waals surface area contributed by atoms with E-state index in [1.54, 1.807) is 24.3 Å². The molecule has 1 aromatic carbocycles. The second kappa shape index (κ2) is 5.19. The topological polar surface area (TPSA) is 86.7 Å². The van der Waals surface area contributed by atoms with Crippen molar-refractivity contribution in [2.45, 2.75) is 13.0 Å². The van der Waals surface area contributed by atoms with Gasteiger partial charge in [-0.2, -0.15) is 0 Å². The first-order chi connectivity index (χ1) is 9.07. The van der Waals surface area contributed by atoms with Gasteiger partial charge in [-0.3, -0.25) is 19.3 Å². The number of hydrogen-bond donors (Lipinski definition) is 2. The molecule has 0 saturated carbocycles. The number of aliphatic hydroxyl groups is 1. The summed E-state index contributed by atoms with van der Waals surface area (Å²) in [6, 6.07) is 5.56. The summed E-state index contributed by atoms with van der Waals surface area (Å²) >= 11 is 0. The minimum atomic E-state index is -0.904. The molecule has 0 bridgehead atoms. The van der Waals surface area contributed by atoms with Gasteiger partial charge in [0.05, 0.1) is 17.7 Å². The van der Waals surface area contributed by atoms with Crippen LogP contribution in [0, 0.1) is 0 Å². The molecular formula is C13H14N2O4. The molecule has 6 heteroatoms. The summed E-state index contributed by atoms with van der Waals surface area (Å²) in [5.74, 6) is -1.40. The van der Waals surface area contributed by atoms with Gasteiger partial charge in [-0.25, -0.2) is 0 Å². The van der Waals surface area contributed by atoms with Crippen LogP contribution in [0.5, 0.6) is 0 Å². The van der Waals surface area contributed by atoms with Crippen molar-refractivity contribution in [3.63, 3.8) is 0 Å². The Labute approximate surface area is 110 Å². The lowest BCUT2D eigenvalue weighted by atomic mass is 10.1. The minimum Gasteiger partial charge on any atom is -0.395 e. The van der Waals surface area contributed by atoms with Gasteiger partial charge < -0.3 is 10.4 Å². The van der Waals surface area contributed by atoms with Crippen molar-refractivity contribution < 1.29 is 19.5 Å². The molecule has 1 aliphatic rings. The van der Waals surface area contributed by atoms with Gasteiger partial charge in [0.2, 0.25) is 5.91 Å². The second-order valence-electron chi connectivity index (χ2n) is 4.22. The largest absolute Gasteiger partial charge is 0.395 e. The molecule has 0 aromatic heterocycles. The molecule has 100 valence electrons. The third-order valence-corrected chi connectivity index (χ3v) is 3.00. The smallest absolute Gasteiger partial charge is 0.262 e. The monoisotopic (exact) mass is 262 g/mol. The molecule has 6 nitrogen and oxygen atoms in total. The van der Waals surface area contributed by atoms with Crippen LogP contribution >= 0.6 is 0 Å². The number of benzene rings is 1. The highest BCUT2D eigenvalue weighted by atomic mass is 16.3. The number of fused-ring (bicyclic) bond motifs is 1. The molecule has 1 unspecified atom stereocenters. The third-order valence-electron chi connectivity index (χ3n) is 3.00. The second-order valence-corrected chi connectivity index (χ2v) is 4.22. The van der Waals surface area contributed by atoms with Crippen molar-refractivity contribution in [2.24, 2.45) is 0 Å². The van der Waals surface area contributed by atoms with Crippen LogP contribution < -0.4 is 5.32 Å². The molecular weight excluding hydrogens is 248 g/mol. The number of imide groups is 1. The number of aliphatic hydroxyl groups excluding tert-OH is 1. The maximum atomic E-state index is 12.1. The quantitative estimate of drug-likeness (QED) is 0.734. The Kier molecular flexibility index (Phi) is 3.62. The highest BCUT2D eigenvalue weighted by molar-refractivity contribution is 6.22. The molecule has 2 rings (SSSR count). The van der Waals surface area contributed by atoms with Gasteiger partial charge in [-0.15, -0.1) is 0 Å². The van der Waals surface area contributed by atoms with Crippen molar-refractivity contribution >= 4 is 17.7 Å². The van der Waals surface area contributed by atoms with Crippen molar-refractivity contribution in [1.82, 2.24) is 10.2 Å². The van der Waals surface area contributed by atoms with Gasteiger partial charge in [-0.05, 0) is 19.1 Å². The molecule has 19 heavy (non-hydrogen) atoms. The fourth-order valence-electron chi connectivity index (χ4n) is 2.00. The number of rotatable bonds is 4. The maximum Gasteiger partial charge on any atom is 0.262 e. The van der Waals surface area contributed by atoms with E-state index in [9.17, 15) is 14.4 Å². The van der Waals surface area contributed by atoms with Gasteiger partial charge in [0.1, 0.15) is 6.04 Å². The van der Waals surface area contributed by atoms with E-state index >= 15 is 0 Å². The van der Waals surface area contributed by atoms with Crippen molar-refractivity contribution in [1.29, 1.82) is 0 Å². The normalized spacial score (nSPS) is 15.4. The Morgan fingerprint density at radius 2 is 1.79 bits per heavy atom. The summed E-state index contributed by atoms with van der Waals surface area (Å²) in [5, 5.41) is 11.1. The van der Waals surface area contributed by atoms with Crippen LogP contribution in [-0.4, -0.2) is 46.9 Å². The number of hydrogen-bond acceptors (Lipinski definition) is 4. The first-order valence-electron chi connectivity index (χ1n) is 5.93. The van der Waals surface area contributed by atoms with E-state index in [2.05, 4.69) is 5.32 Å². The highest BCUT2D eigenvalue weighted by Crippen LogP contribution is 2.24. The lowest BCUT2D eigenvalue weighted by molar-refractivity contribution is -0.124. The molecule has 0 radical (unpaired) electrons. The first-order valence-corrected chi connectivity index (χ1v) is 5.93. The van der Waals surface area contributed by atoms with Crippen LogP contribution in [0.25, 0.3) is 0 Å². The molecule has 0 aliphatic carbocycles. The van der Waals surface area contributed by atoms with E-state index in [0.29, 0.717) is 11.1 Å². The van der Waals surface area contributed by atoms with E-state index in [1.165, 1.54) is 6.92 Å². The van der Waals surface area contributed by atoms with Gasteiger partial charge >= 0.3 is 0 Å². The summed E-state index contributed by atoms with van der Waals surface area (Å²) in [7, 11) is 0. The molecule has 1 aliphatic heterocycles. The van der Waals surface area contributed by atoms with E-state index in [4.69, 9.17) is 5.11 Å². The zero-order valence-corrected chi connectivity index (χ0v) is 10.4. The number of amides is 3. The number of nitrogens with one attached hydrogen (secondary N) is 1. The van der Waals surface area contributed by atoms with Gasteiger partial charge in [0.25, 0.3) is 11.8 Å². The minimum absolute atomic E-state index is 0.0896. The zero-order chi connectivity index (χ0) is 14.0. The summed E-state index contributed by atoms with van der Waals surface area (Å²) in [5.41, 5.74) is 0.628. The summed E-state index contributed by atoms with van der Waals surface area (Å²) in [6.07, 6.45) is 0. The molecule has 2 N–H and O–H groups in total. The van der Waals surface area contributed by atoms with E-state index in [-0.39, 0.29) is 13.2 Å². The van der Waals surface area contributed by atoms with Crippen LogP contribution in [0.4, 0.5) is 0 Å². The number of carbonyl (C=O) groups is 3. The lowest BCUT2D eigenvalue weighted by Gasteiger charge is -2.21. The molecule has 0 spiro atoms. The molecule has 3 amide bonds. The number of nitrogens with zero attached hydrogens (tertiary/aromatic N) is 1. The average Bonchev–Trinajstić information content (AvgIpc) is 2.68. The Balaban J connectivity index is 2.22. The molecule has 1 atom stereocenters. The van der Waals surface area contributed by atoms with Gasteiger partial charge in [-0.1, -0.05) is 12.1 Å². The SMILES string of the molecule is CC(C(=O)NCCO)N1C(=O)c2ccccc2C1=O. The molecule has 0 saturated heterocycles. The van der Waals surface area contributed by atoms with Crippen LogP contribution in [0.3, 0.4) is 0 Å². The van der Waals surface area contributed by atoms with Crippen LogP contribution in [0.2, 0.25) is 0 Å². The molecule has 1 aromatic rings.